The van der Waals surface area contributed by atoms with Crippen LogP contribution in [0, 0.1) is 11.8 Å². The first-order chi connectivity index (χ1) is 17.0. The van der Waals surface area contributed by atoms with Gasteiger partial charge in [0, 0.05) is 37.5 Å². The van der Waals surface area contributed by atoms with Crippen LogP contribution in [-0.4, -0.2) is 39.3 Å². The number of methoxy groups -OCH3 is 1. The number of H-pyrrole nitrogens is 1. The number of pyridine rings is 1. The zero-order chi connectivity index (χ0) is 24.5. The lowest BCUT2D eigenvalue weighted by Gasteiger charge is -2.17. The lowest BCUT2D eigenvalue weighted by molar-refractivity contribution is 0.0947. The molecule has 0 saturated carbocycles. The number of aromatic amines is 1. The molecule has 0 fully saturated rings. The molecule has 0 radical (unpaired) electrons. The minimum absolute atomic E-state index is 0.179. The second-order valence-electron chi connectivity index (χ2n) is 7.89. The number of carbonyl (C=O) groups excluding carboxylic acids is 1. The Labute approximate surface area is 206 Å². The number of halogens is 1. The van der Waals surface area contributed by atoms with Gasteiger partial charge in [0.1, 0.15) is 11.5 Å². The number of para-hydroxylation sites is 1. The topological polar surface area (TPSA) is 123 Å². The zero-order valence-corrected chi connectivity index (χ0v) is 19.8. The van der Waals surface area contributed by atoms with Crippen LogP contribution in [0.5, 0.6) is 5.75 Å². The number of rotatable bonds is 4. The smallest absolute Gasteiger partial charge is 0.255 e. The lowest BCUT2D eigenvalue weighted by Crippen LogP contribution is -2.31. The van der Waals surface area contributed by atoms with Gasteiger partial charge in [-0.15, -0.1) is 0 Å². The molecule has 3 aromatic heterocycles. The van der Waals surface area contributed by atoms with Crippen LogP contribution < -0.4 is 21.1 Å². The molecular weight excluding hydrogens is 466 g/mol. The number of ether oxygens (including phenoxy) is 1. The summed E-state index contributed by atoms with van der Waals surface area (Å²) < 4.78 is 7.19. The van der Waals surface area contributed by atoms with Crippen molar-refractivity contribution in [2.45, 2.75) is 6.42 Å². The molecule has 1 aliphatic rings. The summed E-state index contributed by atoms with van der Waals surface area (Å²) in [4.78, 5) is 20.6. The first-order valence-electron chi connectivity index (χ1n) is 10.9. The summed E-state index contributed by atoms with van der Waals surface area (Å²) in [5, 5.41) is 10.9. The Morgan fingerprint density at radius 1 is 1.23 bits per heavy atom. The van der Waals surface area contributed by atoms with Gasteiger partial charge in [0.15, 0.2) is 5.75 Å². The summed E-state index contributed by atoms with van der Waals surface area (Å²) in [6, 6.07) is 9.01. The van der Waals surface area contributed by atoms with Crippen LogP contribution in [-0.2, 0) is 13.5 Å². The second-order valence-corrected chi connectivity index (χ2v) is 8.30. The zero-order valence-electron chi connectivity index (χ0n) is 19.1. The van der Waals surface area contributed by atoms with E-state index in [1.165, 1.54) is 0 Å². The van der Waals surface area contributed by atoms with Crippen LogP contribution in [0.1, 0.15) is 27.3 Å². The predicted molar refractivity (Wildman–Crippen MR) is 135 cm³/mol. The van der Waals surface area contributed by atoms with E-state index in [2.05, 4.69) is 37.5 Å². The Bertz CT molecular complexity index is 1510. The van der Waals surface area contributed by atoms with Crippen molar-refractivity contribution in [3.05, 3.63) is 70.3 Å². The lowest BCUT2D eigenvalue weighted by atomic mass is 10.0. The van der Waals surface area contributed by atoms with E-state index in [0.717, 1.165) is 11.4 Å². The van der Waals surface area contributed by atoms with Gasteiger partial charge in [-0.3, -0.25) is 9.48 Å². The third kappa shape index (κ3) is 4.05. The molecule has 0 spiro atoms. The standard InChI is InChI=1S/C25H22ClN7O2/c1-33-14(8-13-30-33)6-7-16-15(9-11-28-24(16)27)21-22(20-18(31-21)10-12-29-25(20)34)32-19-5-3-4-17(26)23(19)35-2/h3-5,8-9,11,13,31-32H,10,12H2,1-2H3,(H2,27,28)(H,29,34). The normalized spacial score (nSPS) is 12.4. The maximum Gasteiger partial charge on any atom is 0.255 e. The fourth-order valence-corrected chi connectivity index (χ4v) is 4.35. The van der Waals surface area contributed by atoms with Gasteiger partial charge in [-0.2, -0.15) is 5.10 Å². The first-order valence-corrected chi connectivity index (χ1v) is 11.2. The minimum Gasteiger partial charge on any atom is -0.493 e. The predicted octanol–water partition coefficient (Wildman–Crippen LogP) is 3.48. The molecule has 1 amide bonds. The summed E-state index contributed by atoms with van der Waals surface area (Å²) in [6.45, 7) is 0.539. The molecule has 0 aliphatic carbocycles. The summed E-state index contributed by atoms with van der Waals surface area (Å²) in [6.07, 6.45) is 3.94. The summed E-state index contributed by atoms with van der Waals surface area (Å²) >= 11 is 6.35. The monoisotopic (exact) mass is 487 g/mol. The van der Waals surface area contributed by atoms with E-state index in [4.69, 9.17) is 22.1 Å². The van der Waals surface area contributed by atoms with Gasteiger partial charge in [-0.05, 0) is 30.2 Å². The van der Waals surface area contributed by atoms with E-state index < -0.39 is 0 Å². The van der Waals surface area contributed by atoms with Gasteiger partial charge in [0.25, 0.3) is 5.91 Å². The highest BCUT2D eigenvalue weighted by molar-refractivity contribution is 6.32. The quantitative estimate of drug-likeness (QED) is 0.327. The molecule has 0 saturated heterocycles. The number of nitrogen functional groups attached to an aromatic ring is 1. The molecule has 4 aromatic rings. The van der Waals surface area contributed by atoms with Gasteiger partial charge in [0.05, 0.1) is 46.5 Å². The Morgan fingerprint density at radius 3 is 2.86 bits per heavy atom. The number of hydrogen-bond donors (Lipinski definition) is 4. The van der Waals surface area contributed by atoms with Crippen molar-refractivity contribution in [2.24, 2.45) is 7.05 Å². The van der Waals surface area contributed by atoms with Crippen LogP contribution in [0.2, 0.25) is 5.02 Å². The van der Waals surface area contributed by atoms with Crippen molar-refractivity contribution < 1.29 is 9.53 Å². The number of carbonyl (C=O) groups is 1. The number of nitrogens with one attached hydrogen (secondary N) is 3. The van der Waals surface area contributed by atoms with Gasteiger partial charge >= 0.3 is 0 Å². The molecule has 176 valence electrons. The summed E-state index contributed by atoms with van der Waals surface area (Å²) in [5.74, 6) is 6.82. The molecule has 0 atom stereocenters. The molecule has 1 aliphatic heterocycles. The fourth-order valence-electron chi connectivity index (χ4n) is 4.10. The molecular formula is C25H22ClN7O2. The molecule has 9 nitrogen and oxygen atoms in total. The van der Waals surface area contributed by atoms with Crippen molar-refractivity contribution in [3.8, 4) is 28.8 Å². The van der Waals surface area contributed by atoms with Crippen LogP contribution in [0.4, 0.5) is 17.2 Å². The molecule has 10 heteroatoms. The average Bonchev–Trinajstić information content (AvgIpc) is 3.42. The number of anilines is 3. The van der Waals surface area contributed by atoms with Crippen LogP contribution in [0.15, 0.2) is 42.7 Å². The molecule has 0 bridgehead atoms. The number of benzene rings is 1. The number of hydrogen-bond acceptors (Lipinski definition) is 6. The largest absolute Gasteiger partial charge is 0.493 e. The number of nitrogens with zero attached hydrogens (tertiary/aromatic N) is 3. The SMILES string of the molecule is COc1c(Cl)cccc1Nc1c(-c2ccnc(N)c2C#Cc2ccnn2C)[nH]c2c1C(=O)NCC2. The van der Waals surface area contributed by atoms with Crippen LogP contribution in [0.25, 0.3) is 11.3 Å². The average molecular weight is 488 g/mol. The van der Waals surface area contributed by atoms with Crippen molar-refractivity contribution >= 4 is 34.7 Å². The number of nitrogens with two attached hydrogens (primary N) is 1. The van der Waals surface area contributed by atoms with E-state index in [1.807, 2.05) is 25.2 Å². The maximum atomic E-state index is 12.9. The van der Waals surface area contributed by atoms with Crippen LogP contribution in [0.3, 0.4) is 0 Å². The van der Waals surface area contributed by atoms with E-state index in [-0.39, 0.29) is 11.7 Å². The van der Waals surface area contributed by atoms with E-state index in [9.17, 15) is 4.79 Å². The number of aromatic nitrogens is 4. The maximum absolute atomic E-state index is 12.9. The highest BCUT2D eigenvalue weighted by Crippen LogP contribution is 2.41. The third-order valence-corrected chi connectivity index (χ3v) is 6.08. The Morgan fingerprint density at radius 2 is 2.09 bits per heavy atom. The fraction of sp³-hybridized carbons (Fsp3) is 0.160. The Balaban J connectivity index is 1.71. The summed E-state index contributed by atoms with van der Waals surface area (Å²) in [7, 11) is 3.36. The molecule has 5 rings (SSSR count). The second kappa shape index (κ2) is 9.08. The Hall–Kier alpha value is -4.42. The number of fused-ring (bicyclic) bond motifs is 1. The highest BCUT2D eigenvalue weighted by atomic mass is 35.5. The molecule has 1 aromatic carbocycles. The minimum atomic E-state index is -0.179. The van der Waals surface area contributed by atoms with Crippen LogP contribution >= 0.6 is 11.6 Å². The van der Waals surface area contributed by atoms with Crippen molar-refractivity contribution in [3.63, 3.8) is 0 Å². The highest BCUT2D eigenvalue weighted by Gasteiger charge is 2.28. The molecule has 0 unspecified atom stereocenters. The van der Waals surface area contributed by atoms with Gasteiger partial charge in [0.2, 0.25) is 0 Å². The molecule has 4 heterocycles. The Kier molecular flexibility index (Phi) is 5.81. The van der Waals surface area contributed by atoms with Crippen molar-refractivity contribution in [2.75, 3.05) is 24.7 Å². The van der Waals surface area contributed by atoms with Gasteiger partial charge < -0.3 is 26.1 Å². The van der Waals surface area contributed by atoms with Gasteiger partial charge in [-0.1, -0.05) is 23.6 Å². The van der Waals surface area contributed by atoms with Crippen molar-refractivity contribution in [1.82, 2.24) is 25.1 Å². The molecule has 35 heavy (non-hydrogen) atoms. The van der Waals surface area contributed by atoms with Gasteiger partial charge in [-0.25, -0.2) is 4.98 Å². The summed E-state index contributed by atoms with van der Waals surface area (Å²) in [5.41, 5.74) is 11.4. The van der Waals surface area contributed by atoms with E-state index in [0.29, 0.717) is 57.5 Å². The number of amides is 1. The first kappa shape index (κ1) is 22.4. The van der Waals surface area contributed by atoms with Crippen molar-refractivity contribution in [1.29, 1.82) is 0 Å². The van der Waals surface area contributed by atoms with E-state index in [1.54, 1.807) is 36.3 Å². The number of aryl methyl sites for hydroxylation is 1. The molecule has 5 N–H and O–H groups in total. The van der Waals surface area contributed by atoms with E-state index >= 15 is 0 Å². The third-order valence-electron chi connectivity index (χ3n) is 5.78.